The molecule has 6 nitrogen and oxygen atoms in total. The molecule has 0 atom stereocenters. The summed E-state index contributed by atoms with van der Waals surface area (Å²) in [5.74, 6) is -7.01. The highest BCUT2D eigenvalue weighted by Gasteiger charge is 2.41. The highest BCUT2D eigenvalue weighted by Crippen LogP contribution is 2.28. The number of carboxylic acid groups (broad SMARTS) is 1. The number of benzene rings is 1. The van der Waals surface area contributed by atoms with Gasteiger partial charge in [-0.15, -0.1) is 0 Å². The Bertz CT molecular complexity index is 607. The summed E-state index contributed by atoms with van der Waals surface area (Å²) in [6, 6.07) is 2.29. The Morgan fingerprint density at radius 1 is 0.826 bits per heavy atom. The zero-order valence-corrected chi connectivity index (χ0v) is 10.7. The summed E-state index contributed by atoms with van der Waals surface area (Å²) in [4.78, 5) is 32.7. The Morgan fingerprint density at radius 3 is 1.43 bits per heavy atom. The summed E-state index contributed by atoms with van der Waals surface area (Å²) < 4.78 is 72.9. The first kappa shape index (κ1) is 18.3. The number of rotatable bonds is 3. The van der Waals surface area contributed by atoms with Crippen LogP contribution in [0.25, 0.3) is 0 Å². The van der Waals surface area contributed by atoms with Crippen molar-refractivity contribution in [2.45, 2.75) is 12.4 Å². The first-order valence-electron chi connectivity index (χ1n) is 5.46. The first-order valence-corrected chi connectivity index (χ1v) is 5.46. The fourth-order valence-corrected chi connectivity index (χ4v) is 1.38. The van der Waals surface area contributed by atoms with Crippen molar-refractivity contribution in [2.75, 3.05) is 10.6 Å². The van der Waals surface area contributed by atoms with Crippen molar-refractivity contribution in [2.24, 2.45) is 0 Å². The summed E-state index contributed by atoms with van der Waals surface area (Å²) in [5.41, 5.74) is -3.00. The zero-order valence-electron chi connectivity index (χ0n) is 10.7. The number of hydrogen-bond donors (Lipinski definition) is 3. The van der Waals surface area contributed by atoms with Gasteiger partial charge in [-0.3, -0.25) is 9.59 Å². The van der Waals surface area contributed by atoms with Crippen molar-refractivity contribution in [3.8, 4) is 0 Å². The van der Waals surface area contributed by atoms with Crippen LogP contribution >= 0.6 is 0 Å². The Hall–Kier alpha value is -2.79. The van der Waals surface area contributed by atoms with Gasteiger partial charge in [0.25, 0.3) is 0 Å². The maximum absolute atomic E-state index is 12.2. The minimum absolute atomic E-state index is 0.719. The van der Waals surface area contributed by atoms with E-state index in [0.29, 0.717) is 0 Å². The van der Waals surface area contributed by atoms with Crippen LogP contribution < -0.4 is 10.6 Å². The number of carbonyl (C=O) groups excluding carboxylic acids is 2. The molecule has 1 aromatic rings. The van der Waals surface area contributed by atoms with E-state index in [1.54, 1.807) is 0 Å². The van der Waals surface area contributed by atoms with Crippen LogP contribution in [-0.4, -0.2) is 35.2 Å². The van der Waals surface area contributed by atoms with Gasteiger partial charge in [-0.25, -0.2) is 4.79 Å². The highest BCUT2D eigenvalue weighted by molar-refractivity contribution is 6.08. The lowest BCUT2D eigenvalue weighted by Gasteiger charge is -2.15. The van der Waals surface area contributed by atoms with Crippen LogP contribution in [0.3, 0.4) is 0 Å². The quantitative estimate of drug-likeness (QED) is 0.734. The first-order chi connectivity index (χ1) is 10.3. The molecule has 0 aliphatic carbocycles. The van der Waals surface area contributed by atoms with E-state index in [9.17, 15) is 40.7 Å². The molecule has 1 aromatic carbocycles. The smallest absolute Gasteiger partial charge is 0.471 e. The molecule has 12 heteroatoms. The number of anilines is 2. The van der Waals surface area contributed by atoms with Gasteiger partial charge in [0.05, 0.1) is 11.4 Å². The summed E-state index contributed by atoms with van der Waals surface area (Å²) in [5, 5.41) is 11.3. The molecule has 126 valence electrons. The topological polar surface area (TPSA) is 95.5 Å². The van der Waals surface area contributed by atoms with Crippen LogP contribution in [0.5, 0.6) is 0 Å². The third-order valence-corrected chi connectivity index (χ3v) is 2.29. The molecule has 1 rings (SSSR count). The Balaban J connectivity index is 3.25. The van der Waals surface area contributed by atoms with Crippen molar-refractivity contribution in [3.05, 3.63) is 23.8 Å². The molecule has 0 fully saturated rings. The van der Waals surface area contributed by atoms with Crippen LogP contribution in [0.4, 0.5) is 37.7 Å². The van der Waals surface area contributed by atoms with Crippen molar-refractivity contribution >= 4 is 29.2 Å². The second kappa shape index (κ2) is 6.14. The summed E-state index contributed by atoms with van der Waals surface area (Å²) in [6.45, 7) is 0. The Kier molecular flexibility index (Phi) is 4.87. The third-order valence-electron chi connectivity index (χ3n) is 2.29. The summed E-state index contributed by atoms with van der Waals surface area (Å²) in [7, 11) is 0. The molecule has 0 aliphatic rings. The van der Waals surface area contributed by atoms with E-state index in [1.807, 2.05) is 0 Å². The molecule has 23 heavy (non-hydrogen) atoms. The van der Waals surface area contributed by atoms with Gasteiger partial charge >= 0.3 is 30.1 Å². The predicted molar refractivity (Wildman–Crippen MR) is 62.8 cm³/mol. The largest absolute Gasteiger partial charge is 0.478 e. The number of alkyl halides is 6. The molecule has 0 saturated carbocycles. The monoisotopic (exact) mass is 344 g/mol. The van der Waals surface area contributed by atoms with Gasteiger partial charge in [-0.1, -0.05) is 6.07 Å². The summed E-state index contributed by atoms with van der Waals surface area (Å²) >= 11 is 0. The van der Waals surface area contributed by atoms with Crippen molar-refractivity contribution in [1.82, 2.24) is 0 Å². The van der Waals surface area contributed by atoms with Crippen molar-refractivity contribution < 1.29 is 45.8 Å². The number of carbonyl (C=O) groups is 3. The molecule has 0 spiro atoms. The van der Waals surface area contributed by atoms with E-state index < -0.39 is 47.1 Å². The molecule has 0 aromatic heterocycles. The zero-order chi connectivity index (χ0) is 18.0. The molecule has 0 bridgehead atoms. The minimum Gasteiger partial charge on any atom is -0.478 e. The van der Waals surface area contributed by atoms with Crippen LogP contribution in [-0.2, 0) is 9.59 Å². The van der Waals surface area contributed by atoms with Crippen LogP contribution in [0.15, 0.2) is 18.2 Å². The molecule has 0 saturated heterocycles. The molecule has 2 amide bonds. The van der Waals surface area contributed by atoms with Gasteiger partial charge in [0, 0.05) is 0 Å². The maximum Gasteiger partial charge on any atom is 0.471 e. The molecule has 0 radical (unpaired) electrons. The second-order valence-corrected chi connectivity index (χ2v) is 3.94. The van der Waals surface area contributed by atoms with E-state index in [0.717, 1.165) is 18.2 Å². The van der Waals surface area contributed by atoms with Gasteiger partial charge in [-0.05, 0) is 12.1 Å². The molecule has 0 unspecified atom stereocenters. The number of hydrogen-bond acceptors (Lipinski definition) is 3. The third kappa shape index (κ3) is 4.59. The number of amides is 2. The maximum atomic E-state index is 12.2. The van der Waals surface area contributed by atoms with Gasteiger partial charge in [-0.2, -0.15) is 26.3 Å². The molecular formula is C11H6F6N2O4. The number of nitrogens with one attached hydrogen (secondary N) is 2. The Labute approximate surface area is 123 Å². The lowest BCUT2D eigenvalue weighted by molar-refractivity contribution is -0.167. The molecule has 0 heterocycles. The fourth-order valence-electron chi connectivity index (χ4n) is 1.38. The van der Waals surface area contributed by atoms with Crippen molar-refractivity contribution in [3.63, 3.8) is 0 Å². The van der Waals surface area contributed by atoms with Crippen molar-refractivity contribution in [1.29, 1.82) is 0 Å². The standard InChI is InChI=1S/C11H6F6N2O4/c12-10(13,14)8(22)18-4-2-1-3-5(6(4)7(20)21)19-9(23)11(15,16)17/h1-3H,(H,18,22)(H,19,23)(H,20,21). The van der Waals surface area contributed by atoms with Crippen LogP contribution in [0, 0.1) is 0 Å². The fraction of sp³-hybridized carbons (Fsp3) is 0.182. The molecular weight excluding hydrogens is 338 g/mol. The summed E-state index contributed by atoms with van der Waals surface area (Å²) in [6.07, 6.45) is -10.7. The van der Waals surface area contributed by atoms with Crippen LogP contribution in [0.2, 0.25) is 0 Å². The molecule has 3 N–H and O–H groups in total. The van der Waals surface area contributed by atoms with Gasteiger partial charge < -0.3 is 15.7 Å². The van der Waals surface area contributed by atoms with E-state index in [1.165, 1.54) is 10.6 Å². The molecule has 0 aliphatic heterocycles. The Morgan fingerprint density at radius 2 is 1.17 bits per heavy atom. The van der Waals surface area contributed by atoms with E-state index in [2.05, 4.69) is 0 Å². The second-order valence-electron chi connectivity index (χ2n) is 3.94. The van der Waals surface area contributed by atoms with Gasteiger partial charge in [0.1, 0.15) is 5.56 Å². The van der Waals surface area contributed by atoms with Crippen LogP contribution in [0.1, 0.15) is 10.4 Å². The number of aromatic carboxylic acids is 1. The van der Waals surface area contributed by atoms with Gasteiger partial charge in [0.15, 0.2) is 0 Å². The lowest BCUT2D eigenvalue weighted by atomic mass is 10.1. The SMILES string of the molecule is O=C(O)c1c(NC(=O)C(F)(F)F)cccc1NC(=O)C(F)(F)F. The van der Waals surface area contributed by atoms with E-state index >= 15 is 0 Å². The number of carboxylic acids is 1. The normalized spacial score (nSPS) is 11.7. The number of halogens is 6. The lowest BCUT2D eigenvalue weighted by Crippen LogP contribution is -2.32. The van der Waals surface area contributed by atoms with E-state index in [4.69, 9.17) is 5.11 Å². The highest BCUT2D eigenvalue weighted by atomic mass is 19.4. The average molecular weight is 344 g/mol. The van der Waals surface area contributed by atoms with Gasteiger partial charge in [0.2, 0.25) is 0 Å². The van der Waals surface area contributed by atoms with E-state index in [-0.39, 0.29) is 0 Å². The minimum atomic E-state index is -5.35. The average Bonchev–Trinajstić information content (AvgIpc) is 2.36. The predicted octanol–water partition coefficient (Wildman–Crippen LogP) is 2.39.